The standard InChI is InChI=1S/C21H22N2O5/c1-2-26-15-6-3-13(4-7-15)22-20(24)16-12-17(16)21(25)23-14-5-8-18-19(11-14)28-10-9-27-18/h3-8,11,16-17H,2,9-10,12H2,1H3,(H,22,24)(H,23,25). The fourth-order valence-electron chi connectivity index (χ4n) is 3.17. The molecule has 1 heterocycles. The number of amides is 2. The van der Waals surface area contributed by atoms with Gasteiger partial charge in [-0.1, -0.05) is 0 Å². The number of hydrogen-bond donors (Lipinski definition) is 2. The summed E-state index contributed by atoms with van der Waals surface area (Å²) in [6.07, 6.45) is 0.541. The number of anilines is 2. The highest BCUT2D eigenvalue weighted by Crippen LogP contribution is 2.41. The Kier molecular flexibility index (Phi) is 5.06. The number of rotatable bonds is 6. The maximum Gasteiger partial charge on any atom is 0.228 e. The molecule has 0 radical (unpaired) electrons. The summed E-state index contributed by atoms with van der Waals surface area (Å²) in [5, 5.41) is 5.70. The van der Waals surface area contributed by atoms with Crippen LogP contribution in [0.3, 0.4) is 0 Å². The molecule has 1 aliphatic heterocycles. The maximum absolute atomic E-state index is 12.4. The molecular formula is C21H22N2O5. The van der Waals surface area contributed by atoms with Crippen LogP contribution in [0.4, 0.5) is 11.4 Å². The van der Waals surface area contributed by atoms with Crippen molar-refractivity contribution in [3.63, 3.8) is 0 Å². The zero-order chi connectivity index (χ0) is 19.5. The molecule has 2 amide bonds. The van der Waals surface area contributed by atoms with Gasteiger partial charge in [0, 0.05) is 17.4 Å². The zero-order valence-corrected chi connectivity index (χ0v) is 15.6. The van der Waals surface area contributed by atoms with Gasteiger partial charge in [-0.05, 0) is 49.7 Å². The molecule has 2 N–H and O–H groups in total. The number of hydrogen-bond acceptors (Lipinski definition) is 5. The van der Waals surface area contributed by atoms with Crippen LogP contribution in [0.15, 0.2) is 42.5 Å². The molecule has 2 unspecified atom stereocenters. The lowest BCUT2D eigenvalue weighted by atomic mass is 10.2. The van der Waals surface area contributed by atoms with E-state index >= 15 is 0 Å². The van der Waals surface area contributed by atoms with Crippen molar-refractivity contribution in [2.45, 2.75) is 13.3 Å². The van der Waals surface area contributed by atoms with Crippen LogP contribution in [-0.2, 0) is 9.59 Å². The molecule has 1 aliphatic carbocycles. The Labute approximate surface area is 163 Å². The van der Waals surface area contributed by atoms with Crippen molar-refractivity contribution in [3.05, 3.63) is 42.5 Å². The smallest absolute Gasteiger partial charge is 0.228 e. The van der Waals surface area contributed by atoms with Gasteiger partial charge in [0.15, 0.2) is 11.5 Å². The Balaban J connectivity index is 1.30. The number of fused-ring (bicyclic) bond motifs is 1. The average Bonchev–Trinajstić information content (AvgIpc) is 3.51. The first-order valence-electron chi connectivity index (χ1n) is 9.38. The van der Waals surface area contributed by atoms with Crippen LogP contribution in [0.2, 0.25) is 0 Å². The lowest BCUT2D eigenvalue weighted by Crippen LogP contribution is -2.21. The highest BCUT2D eigenvalue weighted by atomic mass is 16.6. The Bertz CT molecular complexity index is 881. The van der Waals surface area contributed by atoms with Gasteiger partial charge in [0.25, 0.3) is 0 Å². The van der Waals surface area contributed by atoms with Gasteiger partial charge in [-0.25, -0.2) is 0 Å². The molecule has 1 saturated carbocycles. The summed E-state index contributed by atoms with van der Waals surface area (Å²) in [5.74, 6) is 1.09. The summed E-state index contributed by atoms with van der Waals surface area (Å²) < 4.78 is 16.4. The van der Waals surface area contributed by atoms with E-state index in [4.69, 9.17) is 14.2 Å². The monoisotopic (exact) mass is 382 g/mol. The molecule has 7 nitrogen and oxygen atoms in total. The van der Waals surface area contributed by atoms with Crippen molar-refractivity contribution in [2.75, 3.05) is 30.5 Å². The SMILES string of the molecule is CCOc1ccc(NC(=O)C2CC2C(=O)Nc2ccc3c(c2)OCCO3)cc1. The Morgan fingerprint density at radius 3 is 2.21 bits per heavy atom. The third-order valence-electron chi connectivity index (χ3n) is 4.71. The second kappa shape index (κ2) is 7.80. The van der Waals surface area contributed by atoms with Gasteiger partial charge in [-0.3, -0.25) is 9.59 Å². The molecule has 146 valence electrons. The Morgan fingerprint density at radius 1 is 0.929 bits per heavy atom. The van der Waals surface area contributed by atoms with Crippen molar-refractivity contribution in [2.24, 2.45) is 11.8 Å². The van der Waals surface area contributed by atoms with Gasteiger partial charge in [0.2, 0.25) is 11.8 Å². The minimum absolute atomic E-state index is 0.147. The van der Waals surface area contributed by atoms with E-state index in [2.05, 4.69) is 10.6 Å². The van der Waals surface area contributed by atoms with Gasteiger partial charge in [-0.2, -0.15) is 0 Å². The second-order valence-corrected chi connectivity index (χ2v) is 6.74. The van der Waals surface area contributed by atoms with Crippen LogP contribution in [-0.4, -0.2) is 31.6 Å². The van der Waals surface area contributed by atoms with Crippen molar-refractivity contribution < 1.29 is 23.8 Å². The number of benzene rings is 2. The van der Waals surface area contributed by atoms with Crippen LogP contribution in [0.25, 0.3) is 0 Å². The summed E-state index contributed by atoms with van der Waals surface area (Å²) >= 11 is 0. The molecule has 2 aromatic rings. The lowest BCUT2D eigenvalue weighted by molar-refractivity contribution is -0.122. The first kappa shape index (κ1) is 18.2. The van der Waals surface area contributed by atoms with E-state index in [1.54, 1.807) is 42.5 Å². The first-order chi connectivity index (χ1) is 13.6. The van der Waals surface area contributed by atoms with Gasteiger partial charge >= 0.3 is 0 Å². The summed E-state index contributed by atoms with van der Waals surface area (Å²) in [6.45, 7) is 3.51. The van der Waals surface area contributed by atoms with Crippen LogP contribution >= 0.6 is 0 Å². The molecule has 2 atom stereocenters. The molecule has 28 heavy (non-hydrogen) atoms. The molecule has 0 saturated heterocycles. The highest BCUT2D eigenvalue weighted by molar-refractivity contribution is 6.03. The van der Waals surface area contributed by atoms with Crippen molar-refractivity contribution in [3.8, 4) is 17.2 Å². The second-order valence-electron chi connectivity index (χ2n) is 6.74. The highest BCUT2D eigenvalue weighted by Gasteiger charge is 2.48. The Morgan fingerprint density at radius 2 is 1.54 bits per heavy atom. The molecule has 7 heteroatoms. The third-order valence-corrected chi connectivity index (χ3v) is 4.71. The quantitative estimate of drug-likeness (QED) is 0.802. The van der Waals surface area contributed by atoms with Crippen LogP contribution in [0, 0.1) is 11.8 Å². The molecule has 0 aromatic heterocycles. The predicted molar refractivity (Wildman–Crippen MR) is 104 cm³/mol. The van der Waals surface area contributed by atoms with Gasteiger partial charge in [0.05, 0.1) is 18.4 Å². The number of ether oxygens (including phenoxy) is 3. The summed E-state index contributed by atoms with van der Waals surface area (Å²) in [4.78, 5) is 24.8. The van der Waals surface area contributed by atoms with E-state index in [0.29, 0.717) is 49.1 Å². The number of carbonyl (C=O) groups is 2. The van der Waals surface area contributed by atoms with Crippen LogP contribution in [0.1, 0.15) is 13.3 Å². The fraction of sp³-hybridized carbons (Fsp3) is 0.333. The van der Waals surface area contributed by atoms with E-state index in [-0.39, 0.29) is 23.7 Å². The molecule has 0 spiro atoms. The van der Waals surface area contributed by atoms with E-state index in [9.17, 15) is 9.59 Å². The summed E-state index contributed by atoms with van der Waals surface area (Å²) in [6, 6.07) is 12.5. The number of nitrogens with one attached hydrogen (secondary N) is 2. The van der Waals surface area contributed by atoms with E-state index in [0.717, 1.165) is 5.75 Å². The summed E-state index contributed by atoms with van der Waals surface area (Å²) in [7, 11) is 0. The van der Waals surface area contributed by atoms with Gasteiger partial charge in [-0.15, -0.1) is 0 Å². The molecule has 1 fully saturated rings. The van der Waals surface area contributed by atoms with Crippen molar-refractivity contribution in [1.29, 1.82) is 0 Å². The molecule has 4 rings (SSSR count). The van der Waals surface area contributed by atoms with E-state index in [1.165, 1.54) is 0 Å². The molecular weight excluding hydrogens is 360 g/mol. The molecule has 2 aromatic carbocycles. The topological polar surface area (TPSA) is 85.9 Å². The maximum atomic E-state index is 12.4. The largest absolute Gasteiger partial charge is 0.494 e. The fourth-order valence-corrected chi connectivity index (χ4v) is 3.17. The lowest BCUT2D eigenvalue weighted by Gasteiger charge is -2.19. The minimum Gasteiger partial charge on any atom is -0.494 e. The van der Waals surface area contributed by atoms with E-state index in [1.807, 2.05) is 6.92 Å². The first-order valence-corrected chi connectivity index (χ1v) is 9.38. The van der Waals surface area contributed by atoms with E-state index < -0.39 is 0 Å². The molecule has 0 bridgehead atoms. The van der Waals surface area contributed by atoms with Gasteiger partial charge in [0.1, 0.15) is 19.0 Å². The summed E-state index contributed by atoms with van der Waals surface area (Å²) in [5.41, 5.74) is 1.32. The van der Waals surface area contributed by atoms with Crippen LogP contribution < -0.4 is 24.8 Å². The minimum atomic E-state index is -0.323. The van der Waals surface area contributed by atoms with Crippen LogP contribution in [0.5, 0.6) is 17.2 Å². The van der Waals surface area contributed by atoms with Gasteiger partial charge < -0.3 is 24.8 Å². The third kappa shape index (κ3) is 4.03. The zero-order valence-electron chi connectivity index (χ0n) is 15.6. The normalized spacial score (nSPS) is 19.5. The number of carbonyl (C=O) groups excluding carboxylic acids is 2. The average molecular weight is 382 g/mol. The van der Waals surface area contributed by atoms with Crippen molar-refractivity contribution in [1.82, 2.24) is 0 Å². The Hall–Kier alpha value is -3.22. The van der Waals surface area contributed by atoms with Crippen molar-refractivity contribution >= 4 is 23.2 Å². The predicted octanol–water partition coefficient (Wildman–Crippen LogP) is 3.07. The molecule has 2 aliphatic rings.